The van der Waals surface area contributed by atoms with Crippen LogP contribution in [0.5, 0.6) is 0 Å². The highest BCUT2D eigenvalue weighted by molar-refractivity contribution is 4.64. The summed E-state index contributed by atoms with van der Waals surface area (Å²) in [5, 5.41) is 38.6. The van der Waals surface area contributed by atoms with E-state index in [4.69, 9.17) is 5.11 Å². The fourth-order valence-electron chi connectivity index (χ4n) is 0.665. The van der Waals surface area contributed by atoms with E-state index in [1.165, 1.54) is 0 Å². The van der Waals surface area contributed by atoms with Crippen molar-refractivity contribution in [2.45, 2.75) is 11.7 Å². The Morgan fingerprint density at radius 1 is 1.00 bits per heavy atom. The molecule has 1 N–H and O–H groups in total. The van der Waals surface area contributed by atoms with E-state index in [9.17, 15) is 39.1 Å². The average Bonchev–Trinajstić information content (AvgIpc) is 2.27. The summed E-state index contributed by atoms with van der Waals surface area (Å²) >= 11 is 0. The fourth-order valence-corrected chi connectivity index (χ4v) is 0.665. The van der Waals surface area contributed by atoms with Crippen LogP contribution in [-0.4, -0.2) is 51.4 Å². The summed E-state index contributed by atoms with van der Waals surface area (Å²) in [7, 11) is 0. The lowest BCUT2D eigenvalue weighted by Gasteiger charge is -2.14. The van der Waals surface area contributed by atoms with E-state index in [-0.39, 0.29) is 0 Å². The molecule has 104 valence electrons. The molecule has 13 heteroatoms. The van der Waals surface area contributed by atoms with Crippen LogP contribution in [0.15, 0.2) is 0 Å². The lowest BCUT2D eigenvalue weighted by molar-refractivity contribution is -0.833. The molecule has 0 spiro atoms. The molecule has 0 saturated carbocycles. The van der Waals surface area contributed by atoms with Gasteiger partial charge in [0.2, 0.25) is 6.61 Å². The molecule has 0 heterocycles. The zero-order valence-corrected chi connectivity index (χ0v) is 8.52. The molecule has 0 aliphatic rings. The first kappa shape index (κ1) is 16.0. The SMILES string of the molecule is O=[N+]([O-])C(F)(CO)COCC(F)([N+](=O)[O-])[N+](=O)[O-]. The quantitative estimate of drug-likeness (QED) is 0.258. The predicted molar refractivity (Wildman–Crippen MR) is 46.6 cm³/mol. The van der Waals surface area contributed by atoms with Crippen LogP contribution in [0.2, 0.25) is 0 Å². The number of nitro groups is 3. The van der Waals surface area contributed by atoms with Crippen LogP contribution in [-0.2, 0) is 4.74 Å². The molecule has 0 aliphatic heterocycles. The Morgan fingerprint density at radius 3 is 1.72 bits per heavy atom. The molecule has 0 rings (SSSR count). The van der Waals surface area contributed by atoms with Crippen molar-refractivity contribution in [2.24, 2.45) is 0 Å². The second-order valence-corrected chi connectivity index (χ2v) is 3.06. The number of hydrogen-bond acceptors (Lipinski definition) is 8. The summed E-state index contributed by atoms with van der Waals surface area (Å²) in [6.07, 6.45) is 0. The van der Waals surface area contributed by atoms with Crippen LogP contribution in [0.3, 0.4) is 0 Å². The van der Waals surface area contributed by atoms with Crippen molar-refractivity contribution in [3.63, 3.8) is 0 Å². The Morgan fingerprint density at radius 2 is 1.44 bits per heavy atom. The molecular formula is C5H7F2N3O8. The van der Waals surface area contributed by atoms with Gasteiger partial charge in [0.1, 0.15) is 16.5 Å². The first-order chi connectivity index (χ1) is 8.10. The van der Waals surface area contributed by atoms with Crippen molar-refractivity contribution < 1.29 is 33.4 Å². The van der Waals surface area contributed by atoms with Gasteiger partial charge in [-0.2, -0.15) is 4.39 Å². The molecule has 0 bridgehead atoms. The number of halogens is 2. The van der Waals surface area contributed by atoms with E-state index in [2.05, 4.69) is 4.74 Å². The summed E-state index contributed by atoms with van der Waals surface area (Å²) in [5.74, 6) is -7.76. The van der Waals surface area contributed by atoms with Crippen molar-refractivity contribution in [1.29, 1.82) is 0 Å². The second-order valence-electron chi connectivity index (χ2n) is 3.06. The predicted octanol–water partition coefficient (Wildman–Crippen LogP) is -0.885. The molecule has 0 aromatic carbocycles. The molecule has 0 saturated heterocycles. The summed E-state index contributed by atoms with van der Waals surface area (Å²) in [6.45, 7) is -5.06. The number of ether oxygens (including phenoxy) is 1. The van der Waals surface area contributed by atoms with Gasteiger partial charge in [-0.05, 0) is 0 Å². The van der Waals surface area contributed by atoms with E-state index >= 15 is 0 Å². The van der Waals surface area contributed by atoms with Crippen molar-refractivity contribution >= 4 is 0 Å². The van der Waals surface area contributed by atoms with Gasteiger partial charge in [-0.1, -0.05) is 4.39 Å². The highest BCUT2D eigenvalue weighted by Gasteiger charge is 2.59. The maximum absolute atomic E-state index is 13.1. The molecule has 18 heavy (non-hydrogen) atoms. The Kier molecular flexibility index (Phi) is 4.92. The van der Waals surface area contributed by atoms with Gasteiger partial charge < -0.3 is 9.84 Å². The van der Waals surface area contributed by atoms with Gasteiger partial charge >= 0.3 is 11.7 Å². The van der Waals surface area contributed by atoms with E-state index in [1.54, 1.807) is 0 Å². The number of hydrogen-bond donors (Lipinski definition) is 1. The van der Waals surface area contributed by atoms with Crippen molar-refractivity contribution in [1.82, 2.24) is 0 Å². The van der Waals surface area contributed by atoms with Crippen molar-refractivity contribution in [3.05, 3.63) is 30.3 Å². The zero-order valence-electron chi connectivity index (χ0n) is 8.52. The minimum absolute atomic E-state index is 1.58. The first-order valence-corrected chi connectivity index (χ1v) is 4.10. The topological polar surface area (TPSA) is 159 Å². The van der Waals surface area contributed by atoms with E-state index < -0.39 is 46.3 Å². The van der Waals surface area contributed by atoms with Gasteiger partial charge in [0.15, 0.2) is 6.61 Å². The van der Waals surface area contributed by atoms with Crippen LogP contribution >= 0.6 is 0 Å². The Hall–Kier alpha value is -2.02. The van der Waals surface area contributed by atoms with Gasteiger partial charge in [0, 0.05) is 0 Å². The van der Waals surface area contributed by atoms with Crippen molar-refractivity contribution in [2.75, 3.05) is 19.8 Å². The van der Waals surface area contributed by atoms with Crippen LogP contribution in [0.4, 0.5) is 8.78 Å². The third-order valence-corrected chi connectivity index (χ3v) is 1.74. The molecule has 0 aromatic heterocycles. The summed E-state index contributed by atoms with van der Waals surface area (Å²) in [6, 6.07) is 0. The number of nitrogens with zero attached hydrogens (tertiary/aromatic N) is 3. The van der Waals surface area contributed by atoms with Gasteiger partial charge in [0.05, 0.1) is 4.92 Å². The highest BCUT2D eigenvalue weighted by Crippen LogP contribution is 2.17. The van der Waals surface area contributed by atoms with Gasteiger partial charge in [0.25, 0.3) is 0 Å². The van der Waals surface area contributed by atoms with Gasteiger partial charge in [-0.15, -0.1) is 0 Å². The van der Waals surface area contributed by atoms with Crippen LogP contribution < -0.4 is 0 Å². The lowest BCUT2D eigenvalue weighted by atomic mass is 10.3. The molecular weight excluding hydrogens is 268 g/mol. The van der Waals surface area contributed by atoms with E-state index in [0.717, 1.165) is 0 Å². The van der Waals surface area contributed by atoms with E-state index in [0.29, 0.717) is 0 Å². The minimum atomic E-state index is -4.24. The maximum Gasteiger partial charge on any atom is 0.637 e. The maximum atomic E-state index is 13.1. The monoisotopic (exact) mass is 275 g/mol. The normalized spacial score (nSPS) is 14.8. The molecule has 0 fully saturated rings. The van der Waals surface area contributed by atoms with Crippen LogP contribution in [0.1, 0.15) is 0 Å². The zero-order chi connectivity index (χ0) is 14.6. The Balaban J connectivity index is 4.63. The Labute approximate surface area is 96.4 Å². The molecule has 0 aromatic rings. The first-order valence-electron chi connectivity index (χ1n) is 4.10. The number of aliphatic hydroxyl groups excluding tert-OH is 1. The standard InChI is InChI=1S/C5H7F2N3O8/c6-4(1-11,8(12)13)2-18-3-5(7,9(14)15)10(16)17/h11H,1-3H2. The molecule has 11 nitrogen and oxygen atoms in total. The third kappa shape index (κ3) is 3.24. The number of rotatable bonds is 8. The number of alkyl halides is 2. The van der Waals surface area contributed by atoms with Gasteiger partial charge in [-0.25, -0.2) is 0 Å². The molecule has 0 aliphatic carbocycles. The van der Waals surface area contributed by atoms with Gasteiger partial charge in [-0.3, -0.25) is 30.3 Å². The van der Waals surface area contributed by atoms with Crippen molar-refractivity contribution in [3.8, 4) is 0 Å². The summed E-state index contributed by atoms with van der Waals surface area (Å²) < 4.78 is 30.0. The highest BCUT2D eigenvalue weighted by atomic mass is 19.2. The molecule has 1 atom stereocenters. The third-order valence-electron chi connectivity index (χ3n) is 1.74. The lowest BCUT2D eigenvalue weighted by Crippen LogP contribution is -2.48. The summed E-state index contributed by atoms with van der Waals surface area (Å²) in [5.41, 5.74) is 0. The average molecular weight is 275 g/mol. The van der Waals surface area contributed by atoms with Crippen LogP contribution in [0.25, 0.3) is 0 Å². The smallest absolute Gasteiger partial charge is 0.386 e. The Bertz CT molecular complexity index is 351. The second kappa shape index (κ2) is 5.54. The summed E-state index contributed by atoms with van der Waals surface area (Å²) in [4.78, 5) is 24.7. The largest absolute Gasteiger partial charge is 0.637 e. The van der Waals surface area contributed by atoms with Crippen LogP contribution in [0, 0.1) is 30.3 Å². The molecule has 0 radical (unpaired) electrons. The fraction of sp³-hybridized carbons (Fsp3) is 1.00. The minimum Gasteiger partial charge on any atom is -0.386 e. The molecule has 0 amide bonds. The molecule has 1 unspecified atom stereocenters. The van der Waals surface area contributed by atoms with E-state index in [1.807, 2.05) is 0 Å². The number of aliphatic hydroxyl groups is 1.